The van der Waals surface area contributed by atoms with Crippen molar-refractivity contribution in [3.05, 3.63) is 101 Å². The third-order valence-corrected chi connectivity index (χ3v) is 4.45. The average Bonchev–Trinajstić information content (AvgIpc) is 2.89. The normalized spacial score (nSPS) is 15.3. The summed E-state index contributed by atoms with van der Waals surface area (Å²) in [5.41, 5.74) is 0.458. The summed E-state index contributed by atoms with van der Waals surface area (Å²) in [6, 6.07) is 15.0. The lowest BCUT2D eigenvalue weighted by molar-refractivity contribution is 0.144. The second-order valence-corrected chi connectivity index (χ2v) is 5.90. The average molecular weight is 340 g/mol. The molecule has 1 N–H and O–H groups in total. The molecule has 3 aromatic rings. The Hall–Kier alpha value is -2.57. The predicted octanol–water partition coefficient (Wildman–Crippen LogP) is 3.11. The summed E-state index contributed by atoms with van der Waals surface area (Å²) in [5.74, 6) is -1.36. The van der Waals surface area contributed by atoms with Crippen LogP contribution in [0.25, 0.3) is 0 Å². The van der Waals surface area contributed by atoms with E-state index in [1.165, 1.54) is 66.7 Å². The van der Waals surface area contributed by atoms with Crippen molar-refractivity contribution in [1.82, 2.24) is 0 Å². The van der Waals surface area contributed by atoms with Crippen molar-refractivity contribution in [3.8, 4) is 0 Å². The number of benzene rings is 3. The minimum Gasteiger partial charge on any atom is -0.423 e. The van der Waals surface area contributed by atoms with E-state index in [0.717, 1.165) is 0 Å². The lowest BCUT2D eigenvalue weighted by Crippen LogP contribution is -2.32. The van der Waals surface area contributed by atoms with Gasteiger partial charge in [-0.25, -0.2) is 13.2 Å². The monoisotopic (exact) mass is 340 g/mol. The highest BCUT2D eigenvalue weighted by molar-refractivity contribution is 6.62. The molecule has 124 valence electrons. The first-order valence-electron chi connectivity index (χ1n) is 7.68. The van der Waals surface area contributed by atoms with Gasteiger partial charge in [-0.05, 0) is 58.6 Å². The van der Waals surface area contributed by atoms with Crippen LogP contribution in [0, 0.1) is 17.5 Å². The molecule has 1 aliphatic rings. The van der Waals surface area contributed by atoms with Crippen LogP contribution in [0.1, 0.15) is 16.7 Å². The minimum absolute atomic E-state index is 0.401. The molecule has 0 amide bonds. The zero-order chi connectivity index (χ0) is 17.6. The van der Waals surface area contributed by atoms with E-state index >= 15 is 0 Å². The van der Waals surface area contributed by atoms with Crippen molar-refractivity contribution in [2.24, 2.45) is 0 Å². The van der Waals surface area contributed by atoms with Gasteiger partial charge >= 0.3 is 7.12 Å². The van der Waals surface area contributed by atoms with Crippen LogP contribution < -0.4 is 5.46 Å². The molecular weight excluding hydrogens is 328 g/mol. The van der Waals surface area contributed by atoms with Crippen molar-refractivity contribution in [2.75, 3.05) is 0 Å². The molecule has 0 fully saturated rings. The van der Waals surface area contributed by atoms with Gasteiger partial charge in [-0.1, -0.05) is 30.3 Å². The Morgan fingerprint density at radius 3 is 1.72 bits per heavy atom. The zero-order valence-electron chi connectivity index (χ0n) is 12.9. The number of hydrogen-bond donors (Lipinski definition) is 1. The fourth-order valence-electron chi connectivity index (χ4n) is 3.33. The molecule has 0 bridgehead atoms. The van der Waals surface area contributed by atoms with E-state index in [1.807, 2.05) is 0 Å². The Morgan fingerprint density at radius 2 is 1.20 bits per heavy atom. The van der Waals surface area contributed by atoms with Gasteiger partial charge < -0.3 is 9.68 Å². The van der Waals surface area contributed by atoms with Gasteiger partial charge in [0.2, 0.25) is 0 Å². The van der Waals surface area contributed by atoms with Crippen LogP contribution in [-0.4, -0.2) is 12.1 Å². The van der Waals surface area contributed by atoms with Crippen molar-refractivity contribution in [1.29, 1.82) is 0 Å². The molecule has 3 aromatic carbocycles. The molecule has 2 nitrogen and oxygen atoms in total. The fourth-order valence-corrected chi connectivity index (χ4v) is 3.33. The van der Waals surface area contributed by atoms with E-state index in [1.54, 1.807) is 0 Å². The quantitative estimate of drug-likeness (QED) is 0.727. The molecule has 0 spiro atoms. The first-order valence-corrected chi connectivity index (χ1v) is 7.68. The van der Waals surface area contributed by atoms with Gasteiger partial charge in [-0.15, -0.1) is 0 Å². The van der Waals surface area contributed by atoms with E-state index in [9.17, 15) is 18.2 Å². The summed E-state index contributed by atoms with van der Waals surface area (Å²) in [4.78, 5) is 0. The Balaban J connectivity index is 2.03. The summed E-state index contributed by atoms with van der Waals surface area (Å²) in [5, 5.41) is 10.3. The molecular formula is C19H12BF3O2. The first kappa shape index (κ1) is 15.9. The number of fused-ring (bicyclic) bond motifs is 1. The second-order valence-electron chi connectivity index (χ2n) is 5.90. The summed E-state index contributed by atoms with van der Waals surface area (Å²) in [7, 11) is -1.29. The van der Waals surface area contributed by atoms with Crippen molar-refractivity contribution >= 4 is 12.6 Å². The largest absolute Gasteiger partial charge is 0.492 e. The van der Waals surface area contributed by atoms with Gasteiger partial charge in [0.05, 0.1) is 0 Å². The number of hydrogen-bond acceptors (Lipinski definition) is 2. The number of halogens is 3. The van der Waals surface area contributed by atoms with Crippen LogP contribution in [0.5, 0.6) is 0 Å². The Kier molecular flexibility index (Phi) is 3.67. The van der Waals surface area contributed by atoms with Crippen LogP contribution in [-0.2, 0) is 10.3 Å². The molecule has 0 aromatic heterocycles. The smallest absolute Gasteiger partial charge is 0.423 e. The SMILES string of the molecule is OB1OC(c2ccc(F)cc2)(c2ccc(F)cc2)c2cc(F)ccc21. The minimum atomic E-state index is -1.36. The van der Waals surface area contributed by atoms with Crippen LogP contribution in [0.4, 0.5) is 13.2 Å². The lowest BCUT2D eigenvalue weighted by Gasteiger charge is -2.32. The molecule has 0 aliphatic carbocycles. The van der Waals surface area contributed by atoms with Gasteiger partial charge in [0.15, 0.2) is 0 Å². The van der Waals surface area contributed by atoms with Gasteiger partial charge in [-0.3, -0.25) is 0 Å². The van der Waals surface area contributed by atoms with Crippen molar-refractivity contribution < 1.29 is 22.8 Å². The van der Waals surface area contributed by atoms with E-state index in [-0.39, 0.29) is 0 Å². The highest BCUT2D eigenvalue weighted by Crippen LogP contribution is 2.43. The Bertz CT molecular complexity index is 881. The predicted molar refractivity (Wildman–Crippen MR) is 87.8 cm³/mol. The molecule has 0 saturated heterocycles. The van der Waals surface area contributed by atoms with E-state index in [0.29, 0.717) is 22.2 Å². The highest BCUT2D eigenvalue weighted by Gasteiger charge is 2.49. The summed E-state index contributed by atoms with van der Waals surface area (Å²) >= 11 is 0. The fraction of sp³-hybridized carbons (Fsp3) is 0.0526. The van der Waals surface area contributed by atoms with Gasteiger partial charge in [0, 0.05) is 0 Å². The zero-order valence-corrected chi connectivity index (χ0v) is 12.9. The van der Waals surface area contributed by atoms with Crippen LogP contribution >= 0.6 is 0 Å². The molecule has 0 unspecified atom stereocenters. The maximum atomic E-state index is 13.9. The maximum Gasteiger partial charge on any atom is 0.492 e. The highest BCUT2D eigenvalue weighted by atomic mass is 19.1. The van der Waals surface area contributed by atoms with E-state index in [2.05, 4.69) is 0 Å². The number of rotatable bonds is 2. The molecule has 4 rings (SSSR count). The summed E-state index contributed by atoms with van der Waals surface area (Å²) < 4.78 is 46.6. The lowest BCUT2D eigenvalue weighted by atomic mass is 9.75. The van der Waals surface area contributed by atoms with E-state index in [4.69, 9.17) is 4.65 Å². The standard InChI is InChI=1S/C19H12BF3O2/c21-14-5-1-12(2-6-14)19(13-3-7-15(22)8-4-13)17-11-16(23)9-10-18(17)20(24)25-19/h1-11,24H. The maximum absolute atomic E-state index is 13.9. The topological polar surface area (TPSA) is 29.5 Å². The van der Waals surface area contributed by atoms with Gasteiger partial charge in [0.25, 0.3) is 0 Å². The van der Waals surface area contributed by atoms with Crippen LogP contribution in [0.3, 0.4) is 0 Å². The second kappa shape index (κ2) is 5.76. The third-order valence-electron chi connectivity index (χ3n) is 4.45. The summed E-state index contributed by atoms with van der Waals surface area (Å²) in [6.45, 7) is 0. The van der Waals surface area contributed by atoms with Gasteiger partial charge in [0.1, 0.15) is 23.1 Å². The molecule has 6 heteroatoms. The first-order chi connectivity index (χ1) is 12.0. The molecule has 1 heterocycles. The van der Waals surface area contributed by atoms with Crippen LogP contribution in [0.15, 0.2) is 66.7 Å². The van der Waals surface area contributed by atoms with Crippen LogP contribution in [0.2, 0.25) is 0 Å². The Labute approximate surface area is 142 Å². The van der Waals surface area contributed by atoms with Crippen molar-refractivity contribution in [2.45, 2.75) is 5.60 Å². The van der Waals surface area contributed by atoms with Gasteiger partial charge in [-0.2, -0.15) is 0 Å². The third kappa shape index (κ3) is 2.45. The molecule has 1 aliphatic heterocycles. The molecule has 0 radical (unpaired) electrons. The molecule has 0 saturated carbocycles. The Morgan fingerprint density at radius 1 is 0.720 bits per heavy atom. The van der Waals surface area contributed by atoms with E-state index < -0.39 is 30.2 Å². The molecule has 0 atom stereocenters. The summed E-state index contributed by atoms with van der Waals surface area (Å²) in [6.07, 6.45) is 0. The van der Waals surface area contributed by atoms with Crippen molar-refractivity contribution in [3.63, 3.8) is 0 Å². The molecule has 25 heavy (non-hydrogen) atoms.